The lowest BCUT2D eigenvalue weighted by molar-refractivity contribution is 0.0724. The molecule has 1 N–H and O–H groups in total. The average molecular weight is 366 g/mol. The predicted octanol–water partition coefficient (Wildman–Crippen LogP) is 4.35. The maximum absolute atomic E-state index is 12.5. The third kappa shape index (κ3) is 5.09. The largest absolute Gasteiger partial charge is 0.494 e. The summed E-state index contributed by atoms with van der Waals surface area (Å²) in [4.78, 5) is 26.8. The minimum Gasteiger partial charge on any atom is -0.494 e. The molecule has 1 aliphatic heterocycles. The summed E-state index contributed by atoms with van der Waals surface area (Å²) in [5.74, 6) is 0.636. The van der Waals surface area contributed by atoms with E-state index < -0.39 is 0 Å². The number of nitrogens with zero attached hydrogens (tertiary/aromatic N) is 1. The van der Waals surface area contributed by atoms with E-state index >= 15 is 0 Å². The van der Waals surface area contributed by atoms with E-state index in [1.807, 2.05) is 11.8 Å². The number of hydrogen-bond acceptors (Lipinski definition) is 3. The summed E-state index contributed by atoms with van der Waals surface area (Å²) in [6, 6.07) is 14.2. The van der Waals surface area contributed by atoms with Gasteiger partial charge in [0.15, 0.2) is 0 Å². The highest BCUT2D eigenvalue weighted by Gasteiger charge is 2.18. The molecular weight excluding hydrogens is 340 g/mol. The molecule has 0 atom stereocenters. The van der Waals surface area contributed by atoms with Gasteiger partial charge >= 0.3 is 0 Å². The molecule has 2 aromatic carbocycles. The van der Waals surface area contributed by atoms with Crippen molar-refractivity contribution in [2.24, 2.45) is 0 Å². The quantitative estimate of drug-likeness (QED) is 0.827. The SMILES string of the molecule is CCCOc1ccc(C(=O)Nc2ccc(C(=O)N3CCCCC3)cc2)cc1. The van der Waals surface area contributed by atoms with Gasteiger partial charge in [-0.2, -0.15) is 0 Å². The van der Waals surface area contributed by atoms with Gasteiger partial charge in [-0.25, -0.2) is 0 Å². The van der Waals surface area contributed by atoms with Crippen LogP contribution in [0.25, 0.3) is 0 Å². The monoisotopic (exact) mass is 366 g/mol. The van der Waals surface area contributed by atoms with Gasteiger partial charge in [0.1, 0.15) is 5.75 Å². The first-order chi connectivity index (χ1) is 13.2. The standard InChI is InChI=1S/C22H26N2O3/c1-2-16-27-20-12-8-17(9-13-20)21(25)23-19-10-6-18(7-11-19)22(26)24-14-4-3-5-15-24/h6-13H,2-5,14-16H2,1H3,(H,23,25). The topological polar surface area (TPSA) is 58.6 Å². The Morgan fingerprint density at radius 3 is 2.19 bits per heavy atom. The number of nitrogens with one attached hydrogen (secondary N) is 1. The molecule has 27 heavy (non-hydrogen) atoms. The molecule has 142 valence electrons. The molecule has 1 fully saturated rings. The van der Waals surface area contributed by atoms with Gasteiger partial charge in [0.05, 0.1) is 6.61 Å². The molecule has 1 saturated heterocycles. The Balaban J connectivity index is 1.58. The molecule has 1 aliphatic rings. The summed E-state index contributed by atoms with van der Waals surface area (Å²) in [6.45, 7) is 4.37. The number of piperidine rings is 1. The number of rotatable bonds is 6. The first-order valence-corrected chi connectivity index (χ1v) is 9.61. The van der Waals surface area contributed by atoms with Crippen molar-refractivity contribution in [3.8, 4) is 5.75 Å². The highest BCUT2D eigenvalue weighted by Crippen LogP contribution is 2.17. The van der Waals surface area contributed by atoms with Crippen LogP contribution in [0, 0.1) is 0 Å². The molecular formula is C22H26N2O3. The maximum atomic E-state index is 12.5. The van der Waals surface area contributed by atoms with E-state index in [1.54, 1.807) is 48.5 Å². The third-order valence-electron chi connectivity index (χ3n) is 4.62. The molecule has 1 heterocycles. The average Bonchev–Trinajstić information content (AvgIpc) is 2.73. The first-order valence-electron chi connectivity index (χ1n) is 9.61. The van der Waals surface area contributed by atoms with Crippen LogP contribution < -0.4 is 10.1 Å². The summed E-state index contributed by atoms with van der Waals surface area (Å²) < 4.78 is 5.53. The Morgan fingerprint density at radius 2 is 1.56 bits per heavy atom. The van der Waals surface area contributed by atoms with Crippen molar-refractivity contribution >= 4 is 17.5 Å². The van der Waals surface area contributed by atoms with Crippen molar-refractivity contribution in [2.45, 2.75) is 32.6 Å². The Labute approximate surface area is 160 Å². The lowest BCUT2D eigenvalue weighted by Gasteiger charge is -2.26. The number of amides is 2. The molecule has 0 aliphatic carbocycles. The Hall–Kier alpha value is -2.82. The van der Waals surface area contributed by atoms with Crippen molar-refractivity contribution < 1.29 is 14.3 Å². The molecule has 0 bridgehead atoms. The second-order valence-electron chi connectivity index (χ2n) is 6.76. The van der Waals surface area contributed by atoms with Crippen LogP contribution in [0.2, 0.25) is 0 Å². The molecule has 0 aromatic heterocycles. The summed E-state index contributed by atoms with van der Waals surface area (Å²) in [7, 11) is 0. The summed E-state index contributed by atoms with van der Waals surface area (Å²) in [6.07, 6.45) is 4.28. The van der Waals surface area contributed by atoms with E-state index in [9.17, 15) is 9.59 Å². The number of anilines is 1. The molecule has 0 saturated carbocycles. The lowest BCUT2D eigenvalue weighted by atomic mass is 10.1. The van der Waals surface area contributed by atoms with E-state index in [0.29, 0.717) is 23.4 Å². The number of likely N-dealkylation sites (tertiary alicyclic amines) is 1. The molecule has 2 aromatic rings. The highest BCUT2D eigenvalue weighted by molar-refractivity contribution is 6.04. The Kier molecular flexibility index (Phi) is 6.47. The minimum atomic E-state index is -0.188. The van der Waals surface area contributed by atoms with Gasteiger partial charge in [-0.05, 0) is 74.2 Å². The highest BCUT2D eigenvalue weighted by atomic mass is 16.5. The van der Waals surface area contributed by atoms with E-state index in [0.717, 1.165) is 38.1 Å². The number of carbonyl (C=O) groups is 2. The Bertz CT molecular complexity index is 763. The zero-order valence-electron chi connectivity index (χ0n) is 15.7. The van der Waals surface area contributed by atoms with Crippen LogP contribution in [-0.4, -0.2) is 36.4 Å². The zero-order valence-corrected chi connectivity index (χ0v) is 15.7. The van der Waals surface area contributed by atoms with Crippen molar-refractivity contribution in [1.29, 1.82) is 0 Å². The molecule has 0 spiro atoms. The van der Waals surface area contributed by atoms with Gasteiger partial charge in [0.2, 0.25) is 0 Å². The fourth-order valence-corrected chi connectivity index (χ4v) is 3.10. The van der Waals surface area contributed by atoms with Crippen molar-refractivity contribution in [3.05, 3.63) is 59.7 Å². The van der Waals surface area contributed by atoms with Crippen molar-refractivity contribution in [3.63, 3.8) is 0 Å². The minimum absolute atomic E-state index is 0.0650. The first kappa shape index (κ1) is 19.0. The molecule has 3 rings (SSSR count). The summed E-state index contributed by atoms with van der Waals surface area (Å²) in [5.41, 5.74) is 1.89. The Morgan fingerprint density at radius 1 is 0.926 bits per heavy atom. The fourth-order valence-electron chi connectivity index (χ4n) is 3.10. The van der Waals surface area contributed by atoms with Crippen LogP contribution in [0.5, 0.6) is 5.75 Å². The van der Waals surface area contributed by atoms with Crippen LogP contribution in [-0.2, 0) is 0 Å². The molecule has 0 radical (unpaired) electrons. The maximum Gasteiger partial charge on any atom is 0.255 e. The summed E-state index contributed by atoms with van der Waals surface area (Å²) in [5, 5.41) is 2.86. The zero-order chi connectivity index (χ0) is 19.1. The second kappa shape index (κ2) is 9.21. The number of benzene rings is 2. The molecule has 0 unspecified atom stereocenters. The molecule has 5 nitrogen and oxygen atoms in total. The van der Waals surface area contributed by atoms with Gasteiger partial charge in [-0.1, -0.05) is 6.92 Å². The van der Waals surface area contributed by atoms with E-state index in [2.05, 4.69) is 5.32 Å². The second-order valence-corrected chi connectivity index (χ2v) is 6.76. The van der Waals surface area contributed by atoms with Crippen LogP contribution in [0.3, 0.4) is 0 Å². The van der Waals surface area contributed by atoms with Crippen LogP contribution in [0.1, 0.15) is 53.3 Å². The normalized spacial score (nSPS) is 13.9. The number of hydrogen-bond donors (Lipinski definition) is 1. The summed E-state index contributed by atoms with van der Waals surface area (Å²) >= 11 is 0. The lowest BCUT2D eigenvalue weighted by Crippen LogP contribution is -2.35. The molecule has 5 heteroatoms. The van der Waals surface area contributed by atoms with Crippen LogP contribution in [0.15, 0.2) is 48.5 Å². The van der Waals surface area contributed by atoms with Crippen LogP contribution in [0.4, 0.5) is 5.69 Å². The number of ether oxygens (including phenoxy) is 1. The van der Waals surface area contributed by atoms with Gasteiger partial charge in [0, 0.05) is 29.9 Å². The van der Waals surface area contributed by atoms with Gasteiger partial charge in [-0.3, -0.25) is 9.59 Å². The number of carbonyl (C=O) groups excluding carboxylic acids is 2. The van der Waals surface area contributed by atoms with E-state index in [4.69, 9.17) is 4.74 Å². The van der Waals surface area contributed by atoms with Gasteiger partial charge in [-0.15, -0.1) is 0 Å². The smallest absolute Gasteiger partial charge is 0.255 e. The van der Waals surface area contributed by atoms with E-state index in [1.165, 1.54) is 6.42 Å². The van der Waals surface area contributed by atoms with Crippen molar-refractivity contribution in [1.82, 2.24) is 4.90 Å². The van der Waals surface area contributed by atoms with E-state index in [-0.39, 0.29) is 11.8 Å². The van der Waals surface area contributed by atoms with Gasteiger partial charge < -0.3 is 15.0 Å². The van der Waals surface area contributed by atoms with Crippen LogP contribution >= 0.6 is 0 Å². The molecule has 2 amide bonds. The fraction of sp³-hybridized carbons (Fsp3) is 0.364. The van der Waals surface area contributed by atoms with Crippen molar-refractivity contribution in [2.75, 3.05) is 25.0 Å². The predicted molar refractivity (Wildman–Crippen MR) is 106 cm³/mol. The third-order valence-corrected chi connectivity index (χ3v) is 4.62. The van der Waals surface area contributed by atoms with Gasteiger partial charge in [0.25, 0.3) is 11.8 Å².